The Labute approximate surface area is 154 Å². The Balaban J connectivity index is 1.65. The summed E-state index contributed by atoms with van der Waals surface area (Å²) < 4.78 is 28.3. The number of benzene rings is 2. The van der Waals surface area contributed by atoms with Crippen molar-refractivity contribution in [3.63, 3.8) is 0 Å². The van der Waals surface area contributed by atoms with Crippen LogP contribution < -0.4 is 9.62 Å². The molecule has 0 unspecified atom stereocenters. The van der Waals surface area contributed by atoms with Crippen LogP contribution in [0.2, 0.25) is 0 Å². The summed E-state index contributed by atoms with van der Waals surface area (Å²) in [5.41, 5.74) is 4.78. The second kappa shape index (κ2) is 6.21. The topological polar surface area (TPSA) is 66.5 Å². The summed E-state index contributed by atoms with van der Waals surface area (Å²) in [4.78, 5) is 14.5. The smallest absolute Gasteiger partial charge is 0.240 e. The van der Waals surface area contributed by atoms with Gasteiger partial charge >= 0.3 is 0 Å². The Hall–Kier alpha value is -2.18. The number of sulfonamides is 1. The van der Waals surface area contributed by atoms with Gasteiger partial charge in [0, 0.05) is 13.1 Å². The fraction of sp³-hybridized carbons (Fsp3) is 0.350. The maximum atomic E-state index is 12.8. The molecule has 0 saturated carbocycles. The molecule has 0 fully saturated rings. The number of anilines is 1. The number of aryl methyl sites for hydroxylation is 2. The monoisotopic (exact) mass is 370 g/mol. The Morgan fingerprint density at radius 1 is 1.19 bits per heavy atom. The van der Waals surface area contributed by atoms with Gasteiger partial charge in [0.15, 0.2) is 0 Å². The van der Waals surface area contributed by atoms with Gasteiger partial charge in [-0.15, -0.1) is 0 Å². The number of nitrogens with zero attached hydrogens (tertiary/aromatic N) is 1. The second-order valence-electron chi connectivity index (χ2n) is 7.15. The zero-order chi connectivity index (χ0) is 18.5. The molecule has 136 valence electrons. The number of hydrogen-bond donors (Lipinski definition) is 1. The lowest BCUT2D eigenvalue weighted by Gasteiger charge is -2.26. The molecule has 2 aromatic rings. The molecule has 0 aliphatic carbocycles. The van der Waals surface area contributed by atoms with Gasteiger partial charge in [0.2, 0.25) is 15.9 Å². The van der Waals surface area contributed by atoms with Crippen molar-refractivity contribution in [2.45, 2.75) is 44.0 Å². The Morgan fingerprint density at radius 3 is 2.65 bits per heavy atom. The number of hydrogen-bond acceptors (Lipinski definition) is 3. The Morgan fingerprint density at radius 2 is 1.92 bits per heavy atom. The Kier molecular flexibility index (Phi) is 4.12. The third-order valence-electron chi connectivity index (χ3n) is 5.29. The molecular formula is C20H22N2O3S. The zero-order valence-electron chi connectivity index (χ0n) is 15.0. The summed E-state index contributed by atoms with van der Waals surface area (Å²) in [6.45, 7) is 4.82. The normalized spacial score (nSPS) is 18.9. The third kappa shape index (κ3) is 2.83. The first kappa shape index (κ1) is 17.2. The molecule has 2 aliphatic rings. The number of carbonyl (C=O) groups excluding carboxylic acids is 1. The minimum absolute atomic E-state index is 0.0723. The average molecular weight is 370 g/mol. The predicted molar refractivity (Wildman–Crippen MR) is 101 cm³/mol. The van der Waals surface area contributed by atoms with Crippen LogP contribution >= 0.6 is 0 Å². The van der Waals surface area contributed by atoms with Crippen molar-refractivity contribution in [1.29, 1.82) is 0 Å². The minimum atomic E-state index is -3.64. The highest BCUT2D eigenvalue weighted by Crippen LogP contribution is 2.43. The summed E-state index contributed by atoms with van der Waals surface area (Å²) in [5, 5.41) is 0. The van der Waals surface area contributed by atoms with Crippen LogP contribution in [0.3, 0.4) is 0 Å². The molecule has 1 N–H and O–H groups in total. The number of carbonyl (C=O) groups is 1. The summed E-state index contributed by atoms with van der Waals surface area (Å²) in [7, 11) is -3.64. The van der Waals surface area contributed by atoms with Gasteiger partial charge in [-0.1, -0.05) is 29.8 Å². The van der Waals surface area contributed by atoms with E-state index in [1.54, 1.807) is 12.1 Å². The summed E-state index contributed by atoms with van der Waals surface area (Å²) in [5.74, 6) is -0.211. The lowest BCUT2D eigenvalue weighted by molar-refractivity contribution is -0.119. The van der Waals surface area contributed by atoms with Gasteiger partial charge in [-0.25, -0.2) is 13.1 Å². The van der Waals surface area contributed by atoms with Crippen molar-refractivity contribution in [3.8, 4) is 0 Å². The molecule has 6 heteroatoms. The van der Waals surface area contributed by atoms with Gasteiger partial charge in [-0.3, -0.25) is 4.79 Å². The molecule has 0 saturated heterocycles. The average Bonchev–Trinajstić information content (AvgIpc) is 2.88. The van der Waals surface area contributed by atoms with Crippen molar-refractivity contribution >= 4 is 21.6 Å². The van der Waals surface area contributed by atoms with Gasteiger partial charge in [-0.2, -0.15) is 0 Å². The van der Waals surface area contributed by atoms with Crippen LogP contribution in [0.15, 0.2) is 41.3 Å². The number of amides is 1. The van der Waals surface area contributed by atoms with Crippen molar-refractivity contribution in [2.24, 2.45) is 0 Å². The first-order valence-electron chi connectivity index (χ1n) is 8.90. The quantitative estimate of drug-likeness (QED) is 0.900. The van der Waals surface area contributed by atoms with Crippen molar-refractivity contribution in [3.05, 3.63) is 58.7 Å². The SMILES string of the molecule is Cc1ccc(CNS(=O)(=O)c2cc3c4c(c2)[C@@H](C)C(=O)N4CCC3)cc1. The van der Waals surface area contributed by atoms with E-state index in [9.17, 15) is 13.2 Å². The standard InChI is InChI=1S/C20H22N2O3S/c1-13-5-7-15(8-6-13)12-21-26(24,25)17-10-16-4-3-9-22-19(16)18(11-17)14(2)20(22)23/h5-8,10-11,14,21H,3-4,9,12H2,1-2H3/t14-/m1/s1. The molecule has 1 amide bonds. The largest absolute Gasteiger partial charge is 0.311 e. The van der Waals surface area contributed by atoms with Crippen LogP contribution in [0.5, 0.6) is 0 Å². The van der Waals surface area contributed by atoms with Crippen LogP contribution in [-0.2, 0) is 27.8 Å². The van der Waals surface area contributed by atoms with E-state index in [4.69, 9.17) is 0 Å². The van der Waals surface area contributed by atoms with E-state index < -0.39 is 10.0 Å². The Bertz CT molecular complexity index is 981. The molecule has 2 aromatic carbocycles. The second-order valence-corrected chi connectivity index (χ2v) is 8.91. The van der Waals surface area contributed by atoms with E-state index in [2.05, 4.69) is 4.72 Å². The molecule has 2 aliphatic heterocycles. The molecule has 0 bridgehead atoms. The van der Waals surface area contributed by atoms with E-state index in [1.165, 1.54) is 0 Å². The molecule has 0 spiro atoms. The van der Waals surface area contributed by atoms with Crippen LogP contribution in [-0.4, -0.2) is 20.9 Å². The highest BCUT2D eigenvalue weighted by atomic mass is 32.2. The van der Waals surface area contributed by atoms with Crippen molar-refractivity contribution < 1.29 is 13.2 Å². The summed E-state index contributed by atoms with van der Waals surface area (Å²) in [6.07, 6.45) is 1.67. The lowest BCUT2D eigenvalue weighted by Crippen LogP contribution is -2.32. The van der Waals surface area contributed by atoms with Crippen LogP contribution in [0, 0.1) is 6.92 Å². The predicted octanol–water partition coefficient (Wildman–Crippen LogP) is 2.87. The van der Waals surface area contributed by atoms with Crippen molar-refractivity contribution in [1.82, 2.24) is 4.72 Å². The molecule has 4 rings (SSSR count). The van der Waals surface area contributed by atoms with Gasteiger partial charge in [-0.05, 0) is 55.5 Å². The van der Waals surface area contributed by atoms with Crippen LogP contribution in [0.25, 0.3) is 0 Å². The molecule has 1 atom stereocenters. The van der Waals surface area contributed by atoms with Crippen molar-refractivity contribution in [2.75, 3.05) is 11.4 Å². The van der Waals surface area contributed by atoms with E-state index in [1.807, 2.05) is 43.0 Å². The van der Waals surface area contributed by atoms with Gasteiger partial charge in [0.25, 0.3) is 0 Å². The van der Waals surface area contributed by atoms with E-state index >= 15 is 0 Å². The van der Waals surface area contributed by atoms with Crippen LogP contribution in [0.1, 0.15) is 41.5 Å². The molecule has 26 heavy (non-hydrogen) atoms. The number of nitrogens with one attached hydrogen (secondary N) is 1. The highest BCUT2D eigenvalue weighted by Gasteiger charge is 2.38. The first-order valence-corrected chi connectivity index (χ1v) is 10.4. The van der Waals surface area contributed by atoms with E-state index in [0.717, 1.165) is 47.3 Å². The summed E-state index contributed by atoms with van der Waals surface area (Å²) in [6, 6.07) is 11.2. The molecule has 5 nitrogen and oxygen atoms in total. The van der Waals surface area contributed by atoms with Gasteiger partial charge < -0.3 is 4.90 Å². The fourth-order valence-electron chi connectivity index (χ4n) is 3.79. The lowest BCUT2D eigenvalue weighted by atomic mass is 9.97. The highest BCUT2D eigenvalue weighted by molar-refractivity contribution is 7.89. The van der Waals surface area contributed by atoms with Gasteiger partial charge in [0.1, 0.15) is 0 Å². The molecule has 0 radical (unpaired) electrons. The minimum Gasteiger partial charge on any atom is -0.311 e. The van der Waals surface area contributed by atoms with E-state index in [-0.39, 0.29) is 23.3 Å². The molecular weight excluding hydrogens is 348 g/mol. The maximum absolute atomic E-state index is 12.8. The third-order valence-corrected chi connectivity index (χ3v) is 6.67. The first-order chi connectivity index (χ1) is 12.4. The van der Waals surface area contributed by atoms with E-state index in [0.29, 0.717) is 0 Å². The number of rotatable bonds is 4. The molecule has 0 aromatic heterocycles. The summed E-state index contributed by atoms with van der Waals surface area (Å²) >= 11 is 0. The van der Waals surface area contributed by atoms with Crippen LogP contribution in [0.4, 0.5) is 5.69 Å². The molecule has 2 heterocycles. The van der Waals surface area contributed by atoms with Gasteiger partial charge in [0.05, 0.1) is 16.5 Å². The fourth-order valence-corrected chi connectivity index (χ4v) is 4.89. The zero-order valence-corrected chi connectivity index (χ0v) is 15.8. The maximum Gasteiger partial charge on any atom is 0.240 e.